The van der Waals surface area contributed by atoms with Crippen LogP contribution in [0.4, 0.5) is 0 Å². The van der Waals surface area contributed by atoms with Crippen LogP contribution in [0, 0.1) is 47.3 Å². The predicted octanol–water partition coefficient (Wildman–Crippen LogP) is -1.52. The predicted molar refractivity (Wildman–Crippen MR) is 241 cm³/mol. The minimum absolute atomic E-state index is 0.0317. The van der Waals surface area contributed by atoms with Gasteiger partial charge in [0.15, 0.2) is 0 Å². The molecule has 13 atom stereocenters. The molecule has 13 unspecified atom stereocenters. The van der Waals surface area contributed by atoms with Crippen molar-refractivity contribution in [2.45, 2.75) is 113 Å². The van der Waals surface area contributed by atoms with Crippen LogP contribution in [-0.2, 0) is 57.9 Å². The van der Waals surface area contributed by atoms with Crippen LogP contribution in [0.25, 0.3) is 0 Å². The first-order valence-corrected chi connectivity index (χ1v) is 27.1. The largest absolute Gasteiger partial charge is 0.368 e. The van der Waals surface area contributed by atoms with E-state index in [-0.39, 0.29) is 98.1 Å². The molecule has 67 heavy (non-hydrogen) atoms. The first-order chi connectivity index (χ1) is 32.1. The van der Waals surface area contributed by atoms with E-state index in [1.165, 1.54) is 10.7 Å². The smallest absolute Gasteiger partial charge is 0.249 e. The number of imide groups is 2. The van der Waals surface area contributed by atoms with Gasteiger partial charge < -0.3 is 30.7 Å². The van der Waals surface area contributed by atoms with Crippen molar-refractivity contribution >= 4 is 69.0 Å². The van der Waals surface area contributed by atoms with Crippen molar-refractivity contribution in [3.8, 4) is 0 Å². The monoisotopic (exact) mass is 977 g/mol. The highest BCUT2D eigenvalue weighted by Crippen LogP contribution is 2.43. The molecule has 0 aromatic carbocycles. The maximum atomic E-state index is 13.2. The first kappa shape index (κ1) is 49.7. The second-order valence-electron chi connectivity index (χ2n) is 19.8. The summed E-state index contributed by atoms with van der Waals surface area (Å²) < 4.78 is 36.9. The highest BCUT2D eigenvalue weighted by Gasteiger charge is 2.54. The normalized spacial score (nSPS) is 35.7. The summed E-state index contributed by atoms with van der Waals surface area (Å²) in [7, 11) is -3.35. The van der Waals surface area contributed by atoms with Crippen LogP contribution in [0.15, 0.2) is 0 Å². The third-order valence-electron chi connectivity index (χ3n) is 15.3. The highest BCUT2D eigenvalue weighted by molar-refractivity contribution is 8.00. The van der Waals surface area contributed by atoms with Crippen LogP contribution in [0.3, 0.4) is 0 Å². The van der Waals surface area contributed by atoms with Gasteiger partial charge in [-0.2, -0.15) is 0 Å². The number of likely N-dealkylation sites (tertiary alicyclic amines) is 1. The molecule has 8 amide bonds. The van der Waals surface area contributed by atoms with E-state index >= 15 is 0 Å². The van der Waals surface area contributed by atoms with E-state index in [0.717, 1.165) is 55.6 Å². The number of sulfonamides is 1. The van der Waals surface area contributed by atoms with E-state index in [0.29, 0.717) is 69.7 Å². The molecule has 5 heterocycles. The van der Waals surface area contributed by atoms with Crippen molar-refractivity contribution in [3.05, 3.63) is 0 Å². The fourth-order valence-corrected chi connectivity index (χ4v) is 13.6. The Balaban J connectivity index is 0.661. The number of fused-ring (bicyclic) bond motifs is 1. The molecule has 8 fully saturated rings. The van der Waals surface area contributed by atoms with E-state index in [4.69, 9.17) is 9.47 Å². The van der Waals surface area contributed by atoms with E-state index in [1.807, 2.05) is 0 Å². The Morgan fingerprint density at radius 3 is 2.40 bits per heavy atom. The average molecular weight is 978 g/mol. The van der Waals surface area contributed by atoms with Crippen molar-refractivity contribution in [1.29, 1.82) is 0 Å². The summed E-state index contributed by atoms with van der Waals surface area (Å²) in [5.74, 6) is -2.08. The van der Waals surface area contributed by atoms with Gasteiger partial charge in [0.05, 0.1) is 43.3 Å². The number of carbonyl (C=O) groups excluding carboxylic acids is 8. The number of nitrogens with zero attached hydrogens (tertiary/aromatic N) is 2. The lowest BCUT2D eigenvalue weighted by Crippen LogP contribution is -2.54. The van der Waals surface area contributed by atoms with Gasteiger partial charge in [-0.3, -0.25) is 59.2 Å². The van der Waals surface area contributed by atoms with Crippen molar-refractivity contribution in [2.75, 3.05) is 64.5 Å². The SMILES string of the molecule is CS(=O)(=O)N1CCC(C(=O)NCC(=O)NC2NC(C3CCCC(C4CCNC(OCCNC(=O)C5CC5CNC(=O)COC5CCC6C(=O)N(C7CCC(=O)NC7=O)C(=O)C6C5)C4)C3)CS2)C1. The van der Waals surface area contributed by atoms with Crippen LogP contribution in [-0.4, -0.2) is 159 Å². The first-order valence-electron chi connectivity index (χ1n) is 24.2. The molecule has 372 valence electrons. The van der Waals surface area contributed by atoms with Gasteiger partial charge in [0, 0.05) is 50.3 Å². The van der Waals surface area contributed by atoms with E-state index in [2.05, 4.69) is 37.2 Å². The molecular formula is C44H67N9O12S2. The topological polar surface area (TPSA) is 280 Å². The Labute approximate surface area is 395 Å². The molecular weight excluding hydrogens is 911 g/mol. The number of hydrogen-bond donors (Lipinski definition) is 7. The number of thioether (sulfide) groups is 1. The molecule has 5 aliphatic heterocycles. The quantitative estimate of drug-likeness (QED) is 0.0607. The van der Waals surface area contributed by atoms with Gasteiger partial charge in [-0.15, -0.1) is 11.8 Å². The van der Waals surface area contributed by atoms with E-state index in [9.17, 15) is 46.8 Å². The lowest BCUT2D eigenvalue weighted by atomic mass is 9.70. The Morgan fingerprint density at radius 2 is 1.61 bits per heavy atom. The fraction of sp³-hybridized carbons (Fsp3) is 0.818. The van der Waals surface area contributed by atoms with Gasteiger partial charge in [-0.05, 0) is 94.4 Å². The molecule has 7 N–H and O–H groups in total. The molecule has 0 radical (unpaired) electrons. The molecule has 8 aliphatic rings. The van der Waals surface area contributed by atoms with Crippen LogP contribution in [0.5, 0.6) is 0 Å². The van der Waals surface area contributed by atoms with E-state index in [1.54, 1.807) is 11.8 Å². The molecule has 0 bridgehead atoms. The van der Waals surface area contributed by atoms with Gasteiger partial charge >= 0.3 is 0 Å². The molecule has 3 saturated carbocycles. The van der Waals surface area contributed by atoms with Gasteiger partial charge in [0.25, 0.3) is 0 Å². The fourth-order valence-electron chi connectivity index (χ4n) is 11.5. The van der Waals surface area contributed by atoms with Crippen molar-refractivity contribution < 1.29 is 56.2 Å². The number of carbonyl (C=O) groups is 8. The summed E-state index contributed by atoms with van der Waals surface area (Å²) in [5.41, 5.74) is -0.235. The Kier molecular flexibility index (Phi) is 16.2. The minimum atomic E-state index is -3.35. The molecule has 0 aromatic heterocycles. The molecule has 3 aliphatic carbocycles. The lowest BCUT2D eigenvalue weighted by Gasteiger charge is -2.40. The third-order valence-corrected chi connectivity index (χ3v) is 17.7. The van der Waals surface area contributed by atoms with Crippen LogP contribution < -0.4 is 37.2 Å². The van der Waals surface area contributed by atoms with Gasteiger partial charge in [0.1, 0.15) is 24.4 Å². The Morgan fingerprint density at radius 1 is 0.821 bits per heavy atom. The molecule has 5 saturated heterocycles. The number of hydrogen-bond acceptors (Lipinski definition) is 15. The third kappa shape index (κ3) is 12.5. The molecule has 23 heteroatoms. The summed E-state index contributed by atoms with van der Waals surface area (Å²) in [6.07, 6.45) is 9.73. The summed E-state index contributed by atoms with van der Waals surface area (Å²) in [4.78, 5) is 102. The highest BCUT2D eigenvalue weighted by atomic mass is 32.2. The van der Waals surface area contributed by atoms with Crippen molar-refractivity contribution in [2.24, 2.45) is 47.3 Å². The number of piperidine rings is 2. The maximum absolute atomic E-state index is 13.2. The summed E-state index contributed by atoms with van der Waals surface area (Å²) in [6, 6.07) is -0.698. The van der Waals surface area contributed by atoms with Crippen LogP contribution >= 0.6 is 11.8 Å². The van der Waals surface area contributed by atoms with Crippen molar-refractivity contribution in [1.82, 2.24) is 46.4 Å². The minimum Gasteiger partial charge on any atom is -0.368 e. The zero-order chi connectivity index (χ0) is 47.4. The molecule has 0 aromatic rings. The van der Waals surface area contributed by atoms with Crippen LogP contribution in [0.1, 0.15) is 83.5 Å². The zero-order valence-electron chi connectivity index (χ0n) is 38.2. The zero-order valence-corrected chi connectivity index (χ0v) is 39.8. The summed E-state index contributed by atoms with van der Waals surface area (Å²) in [6.45, 7) is 2.07. The maximum Gasteiger partial charge on any atom is 0.249 e. The number of rotatable bonds is 18. The van der Waals surface area contributed by atoms with Gasteiger partial charge in [-0.25, -0.2) is 12.7 Å². The second kappa shape index (κ2) is 21.9. The lowest BCUT2D eigenvalue weighted by molar-refractivity contribution is -0.151. The average Bonchev–Trinajstić information content (AvgIpc) is 3.55. The number of amides is 8. The Bertz CT molecular complexity index is 2030. The van der Waals surface area contributed by atoms with Gasteiger partial charge in [-0.1, -0.05) is 12.8 Å². The summed E-state index contributed by atoms with van der Waals surface area (Å²) >= 11 is 1.67. The number of ether oxygens (including phenoxy) is 2. The van der Waals surface area contributed by atoms with E-state index < -0.39 is 57.6 Å². The molecule has 8 rings (SSSR count). The Hall–Kier alpha value is -3.74. The van der Waals surface area contributed by atoms with Crippen molar-refractivity contribution in [3.63, 3.8) is 0 Å². The summed E-state index contributed by atoms with van der Waals surface area (Å²) in [5, 5.41) is 20.8. The van der Waals surface area contributed by atoms with Crippen LogP contribution in [0.2, 0.25) is 0 Å². The molecule has 0 spiro atoms. The second-order valence-corrected chi connectivity index (χ2v) is 23.0. The number of nitrogens with one attached hydrogen (secondary N) is 7. The molecule has 21 nitrogen and oxygen atoms in total. The van der Waals surface area contributed by atoms with Gasteiger partial charge in [0.2, 0.25) is 57.3 Å². The standard InChI is InChI=1S/C44H67N9O12S2/c1-67(62,63)52-13-10-27(21-52)39(57)48-20-36(55)51-44-49-33(23-66-44)26-4-2-3-24(15-26)25-9-11-45-38(17-25)64-14-12-46-40(58)31-16-28(31)19-47-37(56)22-65-29-5-6-30-32(18-29)43(61)53(42(30)60)34-7-8-35(54)50-41(34)59/h24-34,38,44-45,49H,2-23H2,1H3,(H,46,58)(H,47,56)(H,48,57)(H,51,55)(H,50,54,59).